The predicted octanol–water partition coefficient (Wildman–Crippen LogP) is 5.64. The molecule has 44 heavy (non-hydrogen) atoms. The van der Waals surface area contributed by atoms with Crippen LogP contribution in [-0.4, -0.2) is 117 Å². The van der Waals surface area contributed by atoms with Gasteiger partial charge in [0.2, 0.25) is 12.3 Å². The number of nitrogens with zero attached hydrogens (tertiary/aromatic N) is 4. The summed E-state index contributed by atoms with van der Waals surface area (Å²) in [7, 11) is 3.40. The van der Waals surface area contributed by atoms with E-state index in [1.54, 1.807) is 20.3 Å². The van der Waals surface area contributed by atoms with Crippen LogP contribution >= 0.6 is 0 Å². The number of carbonyl (C=O) groups is 2. The molecule has 2 amide bonds. The van der Waals surface area contributed by atoms with Gasteiger partial charge in [0.1, 0.15) is 0 Å². The largest absolute Gasteiger partial charge is 0.382 e. The highest BCUT2D eigenvalue weighted by molar-refractivity contribution is 5.78. The fourth-order valence-electron chi connectivity index (χ4n) is 6.25. The molecule has 0 aliphatic carbocycles. The maximum Gasteiger partial charge on any atom is 0.236 e. The Morgan fingerprint density at radius 1 is 1.09 bits per heavy atom. The highest BCUT2D eigenvalue weighted by atomic mass is 16.5. The quantitative estimate of drug-likeness (QED) is 0.212. The highest BCUT2D eigenvalue weighted by Crippen LogP contribution is 2.30. The molecule has 0 saturated carbocycles. The first kappa shape index (κ1) is 37.9. The smallest absolute Gasteiger partial charge is 0.236 e. The van der Waals surface area contributed by atoms with Crippen LogP contribution in [-0.2, 0) is 19.1 Å². The number of methoxy groups -OCH3 is 2. The van der Waals surface area contributed by atoms with Crippen molar-refractivity contribution in [3.8, 4) is 0 Å². The van der Waals surface area contributed by atoms with E-state index in [1.165, 1.54) is 45.3 Å². The molecule has 1 aromatic carbocycles. The van der Waals surface area contributed by atoms with Crippen LogP contribution in [0.1, 0.15) is 84.2 Å². The van der Waals surface area contributed by atoms with Crippen LogP contribution in [0.3, 0.4) is 0 Å². The Kier molecular flexibility index (Phi) is 18.5. The lowest BCUT2D eigenvalue weighted by atomic mass is 9.92. The van der Waals surface area contributed by atoms with E-state index < -0.39 is 0 Å². The molecule has 0 N–H and O–H groups in total. The maximum absolute atomic E-state index is 13.0. The molecule has 0 radical (unpaired) electrons. The molecule has 8 heteroatoms. The molecule has 250 valence electrons. The zero-order chi connectivity index (χ0) is 32.3. The van der Waals surface area contributed by atoms with Gasteiger partial charge in [0.25, 0.3) is 0 Å². The van der Waals surface area contributed by atoms with Crippen molar-refractivity contribution in [1.82, 2.24) is 19.6 Å². The van der Waals surface area contributed by atoms with Gasteiger partial charge >= 0.3 is 0 Å². The Morgan fingerprint density at radius 2 is 1.73 bits per heavy atom. The molecule has 4 unspecified atom stereocenters. The third-order valence-corrected chi connectivity index (χ3v) is 9.51. The van der Waals surface area contributed by atoms with Gasteiger partial charge in [-0.15, -0.1) is 6.58 Å². The lowest BCUT2D eigenvalue weighted by Crippen LogP contribution is -2.67. The fourth-order valence-corrected chi connectivity index (χ4v) is 6.25. The number of benzene rings is 1. The van der Waals surface area contributed by atoms with Gasteiger partial charge in [0.15, 0.2) is 0 Å². The second kappa shape index (κ2) is 21.5. The second-order valence-electron chi connectivity index (χ2n) is 12.5. The molecule has 3 aliphatic heterocycles. The maximum atomic E-state index is 13.0. The predicted molar refractivity (Wildman–Crippen MR) is 181 cm³/mol. The lowest BCUT2D eigenvalue weighted by molar-refractivity contribution is -0.142. The van der Waals surface area contributed by atoms with Crippen LogP contribution in [0.4, 0.5) is 0 Å². The Bertz CT molecular complexity index is 914. The van der Waals surface area contributed by atoms with Gasteiger partial charge in [-0.25, -0.2) is 0 Å². The Balaban J connectivity index is 0.000000660. The number of allylic oxidation sites excluding steroid dienone is 1. The molecular weight excluding hydrogens is 552 g/mol. The Hall–Kier alpha value is -2.26. The topological polar surface area (TPSA) is 65.6 Å². The Morgan fingerprint density at radius 3 is 2.23 bits per heavy atom. The number of piperidine rings is 2. The zero-order valence-electron chi connectivity index (χ0n) is 28.7. The van der Waals surface area contributed by atoms with Crippen molar-refractivity contribution in [3.05, 3.63) is 48.6 Å². The number of hydrogen-bond donors (Lipinski definition) is 0. The van der Waals surface area contributed by atoms with Crippen molar-refractivity contribution in [2.75, 3.05) is 66.6 Å². The summed E-state index contributed by atoms with van der Waals surface area (Å²) < 4.78 is 10.3. The number of rotatable bonds is 13. The standard InChI is InChI=1S/C28H44N4O3.C5H12O.C3H6/c1-23-26(32(22-33)27(21-35-2)25-9-5-3-6-10-25)19-31(23)20-28(34)30-17-12-24(13-18-30)11-16-29-14-7-4-8-15-29;1-4-5(2)6-3;1-3-2/h3,5-6,9-10,22-24,26-27H,4,7-8,11-21H2,1-2H3;5H,4H2,1-3H3;3H,1H2,2H3. The van der Waals surface area contributed by atoms with E-state index in [1.807, 2.05) is 42.2 Å². The molecule has 0 bridgehead atoms. The van der Waals surface area contributed by atoms with E-state index in [-0.39, 0.29) is 24.0 Å². The third kappa shape index (κ3) is 12.3. The molecule has 3 aliphatic rings. The third-order valence-electron chi connectivity index (χ3n) is 9.51. The first-order chi connectivity index (χ1) is 21.3. The van der Waals surface area contributed by atoms with Crippen molar-refractivity contribution in [2.45, 2.75) is 96.9 Å². The van der Waals surface area contributed by atoms with Crippen LogP contribution in [0.2, 0.25) is 0 Å². The van der Waals surface area contributed by atoms with Gasteiger partial charge in [-0.1, -0.05) is 49.8 Å². The Labute approximate surface area is 268 Å². The summed E-state index contributed by atoms with van der Waals surface area (Å²) in [5.41, 5.74) is 1.08. The van der Waals surface area contributed by atoms with Crippen LogP contribution in [0.15, 0.2) is 43.0 Å². The van der Waals surface area contributed by atoms with E-state index in [0.29, 0.717) is 19.3 Å². The molecule has 4 atom stereocenters. The van der Waals surface area contributed by atoms with Gasteiger partial charge in [-0.05, 0) is 90.4 Å². The molecule has 3 saturated heterocycles. The molecule has 0 aromatic heterocycles. The van der Waals surface area contributed by atoms with Gasteiger partial charge in [0, 0.05) is 39.9 Å². The van der Waals surface area contributed by atoms with Crippen molar-refractivity contribution in [3.63, 3.8) is 0 Å². The van der Waals surface area contributed by atoms with Gasteiger partial charge < -0.3 is 24.2 Å². The number of hydrogen-bond acceptors (Lipinski definition) is 6. The normalized spacial score (nSPS) is 22.3. The molecule has 4 rings (SSSR count). The molecule has 8 nitrogen and oxygen atoms in total. The van der Waals surface area contributed by atoms with Crippen LogP contribution in [0.25, 0.3) is 0 Å². The van der Waals surface area contributed by atoms with E-state index in [0.717, 1.165) is 56.8 Å². The fraction of sp³-hybridized carbons (Fsp3) is 0.722. The average Bonchev–Trinajstić information content (AvgIpc) is 3.07. The number of ether oxygens (including phenoxy) is 2. The highest BCUT2D eigenvalue weighted by Gasteiger charge is 2.43. The molecular formula is C36H62N4O4. The molecule has 3 fully saturated rings. The summed E-state index contributed by atoms with van der Waals surface area (Å²) in [6.07, 6.45) is 11.9. The van der Waals surface area contributed by atoms with Crippen molar-refractivity contribution >= 4 is 12.3 Å². The molecule has 1 aromatic rings. The van der Waals surface area contributed by atoms with Crippen molar-refractivity contribution < 1.29 is 19.1 Å². The monoisotopic (exact) mass is 614 g/mol. The van der Waals surface area contributed by atoms with Gasteiger partial charge in [-0.3, -0.25) is 14.5 Å². The van der Waals surface area contributed by atoms with Gasteiger partial charge in [0.05, 0.1) is 31.3 Å². The number of carbonyl (C=O) groups excluding carboxylic acids is 2. The summed E-state index contributed by atoms with van der Waals surface area (Å²) in [4.78, 5) is 33.9. The van der Waals surface area contributed by atoms with E-state index >= 15 is 0 Å². The summed E-state index contributed by atoms with van der Waals surface area (Å²) >= 11 is 0. The summed E-state index contributed by atoms with van der Waals surface area (Å²) in [6, 6.07) is 10.2. The van der Waals surface area contributed by atoms with Crippen molar-refractivity contribution in [1.29, 1.82) is 0 Å². The second-order valence-corrected chi connectivity index (χ2v) is 12.5. The first-order valence-electron chi connectivity index (χ1n) is 16.9. The molecule has 3 heterocycles. The lowest BCUT2D eigenvalue weighted by Gasteiger charge is -2.52. The average molecular weight is 615 g/mol. The minimum absolute atomic E-state index is 0.0844. The summed E-state index contributed by atoms with van der Waals surface area (Å²) in [5, 5.41) is 0. The number of amides is 2. The van der Waals surface area contributed by atoms with E-state index in [9.17, 15) is 9.59 Å². The van der Waals surface area contributed by atoms with Crippen LogP contribution in [0.5, 0.6) is 0 Å². The van der Waals surface area contributed by atoms with E-state index in [2.05, 4.69) is 42.0 Å². The SMILES string of the molecule is C=CC.CCC(C)OC.COCC(c1ccccc1)N(C=O)C1CN(CC(=O)N2CCC(CCN3CCCCC3)CC2)C1C. The summed E-state index contributed by atoms with van der Waals surface area (Å²) in [6.45, 7) is 18.7. The van der Waals surface area contributed by atoms with E-state index in [4.69, 9.17) is 9.47 Å². The van der Waals surface area contributed by atoms with Crippen LogP contribution in [0, 0.1) is 5.92 Å². The minimum Gasteiger partial charge on any atom is -0.382 e. The summed E-state index contributed by atoms with van der Waals surface area (Å²) in [5.74, 6) is 0.990. The van der Waals surface area contributed by atoms with Gasteiger partial charge in [-0.2, -0.15) is 0 Å². The molecule has 0 spiro atoms. The van der Waals surface area contributed by atoms with Crippen LogP contribution < -0.4 is 0 Å². The number of likely N-dealkylation sites (tertiary alicyclic amines) is 3. The van der Waals surface area contributed by atoms with Crippen molar-refractivity contribution in [2.24, 2.45) is 5.92 Å². The zero-order valence-corrected chi connectivity index (χ0v) is 28.7. The first-order valence-corrected chi connectivity index (χ1v) is 16.9. The minimum atomic E-state index is -0.118.